The summed E-state index contributed by atoms with van der Waals surface area (Å²) in [5, 5.41) is 0. The molecule has 0 saturated heterocycles. The Hall–Kier alpha value is -2.87. The van der Waals surface area contributed by atoms with E-state index < -0.39 is 0 Å². The predicted molar refractivity (Wildman–Crippen MR) is 102 cm³/mol. The van der Waals surface area contributed by atoms with E-state index in [4.69, 9.17) is 4.74 Å². The van der Waals surface area contributed by atoms with E-state index in [0.717, 1.165) is 24.0 Å². The zero-order chi connectivity index (χ0) is 17.5. The van der Waals surface area contributed by atoms with E-state index in [2.05, 4.69) is 6.92 Å². The van der Waals surface area contributed by atoms with Crippen LogP contribution in [0.15, 0.2) is 78.9 Å². The summed E-state index contributed by atoms with van der Waals surface area (Å²) in [5.41, 5.74) is 3.77. The Morgan fingerprint density at radius 1 is 0.840 bits per heavy atom. The molecule has 0 N–H and O–H groups in total. The van der Waals surface area contributed by atoms with E-state index in [1.807, 2.05) is 78.9 Å². The number of carbonyl (C=O) groups excluding carboxylic acids is 1. The van der Waals surface area contributed by atoms with Crippen LogP contribution in [-0.4, -0.2) is 5.97 Å². The van der Waals surface area contributed by atoms with Gasteiger partial charge in [0.25, 0.3) is 0 Å². The molecule has 0 aromatic heterocycles. The molecule has 0 aliphatic carbocycles. The predicted octanol–water partition coefficient (Wildman–Crippen LogP) is 5.92. The van der Waals surface area contributed by atoms with Crippen LogP contribution in [-0.2, 0) is 6.42 Å². The first-order chi connectivity index (χ1) is 12.3. The zero-order valence-corrected chi connectivity index (χ0v) is 14.4. The average molecular weight is 330 g/mol. The van der Waals surface area contributed by atoms with Gasteiger partial charge in [-0.1, -0.05) is 74.0 Å². The quantitative estimate of drug-likeness (QED) is 0.414. The van der Waals surface area contributed by atoms with Gasteiger partial charge in [-0.15, -0.1) is 0 Å². The van der Waals surface area contributed by atoms with Crippen molar-refractivity contribution in [2.24, 2.45) is 0 Å². The number of para-hydroxylation sites is 1. The van der Waals surface area contributed by atoms with Crippen LogP contribution in [0, 0.1) is 0 Å². The van der Waals surface area contributed by atoms with Crippen LogP contribution in [0.4, 0.5) is 0 Å². The monoisotopic (exact) mass is 330 g/mol. The summed E-state index contributed by atoms with van der Waals surface area (Å²) in [6.45, 7) is 2.18. The second-order valence-corrected chi connectivity index (χ2v) is 6.05. The molecule has 3 aromatic carbocycles. The molecule has 3 rings (SSSR count). The van der Waals surface area contributed by atoms with Gasteiger partial charge in [0.05, 0.1) is 5.56 Å². The molecule has 2 heteroatoms. The molecule has 0 unspecified atom stereocenters. The molecule has 0 spiro atoms. The number of aryl methyl sites for hydroxylation is 1. The summed E-state index contributed by atoms with van der Waals surface area (Å²) >= 11 is 0. The van der Waals surface area contributed by atoms with Gasteiger partial charge in [-0.2, -0.15) is 0 Å². The third-order valence-electron chi connectivity index (χ3n) is 4.18. The lowest BCUT2D eigenvalue weighted by atomic mass is 10.0. The second kappa shape index (κ2) is 8.29. The van der Waals surface area contributed by atoms with Crippen molar-refractivity contribution in [3.8, 4) is 16.9 Å². The Kier molecular flexibility index (Phi) is 5.63. The van der Waals surface area contributed by atoms with E-state index in [1.165, 1.54) is 12.0 Å². The van der Waals surface area contributed by atoms with Crippen molar-refractivity contribution in [2.45, 2.75) is 26.2 Å². The molecule has 0 amide bonds. The zero-order valence-electron chi connectivity index (χ0n) is 14.4. The first-order valence-electron chi connectivity index (χ1n) is 8.73. The molecule has 0 atom stereocenters. The highest BCUT2D eigenvalue weighted by Gasteiger charge is 2.12. The van der Waals surface area contributed by atoms with Crippen molar-refractivity contribution in [2.75, 3.05) is 0 Å². The average Bonchev–Trinajstić information content (AvgIpc) is 2.68. The molecule has 0 radical (unpaired) electrons. The van der Waals surface area contributed by atoms with Gasteiger partial charge in [-0.25, -0.2) is 4.79 Å². The van der Waals surface area contributed by atoms with E-state index in [-0.39, 0.29) is 5.97 Å². The van der Waals surface area contributed by atoms with Crippen LogP contribution >= 0.6 is 0 Å². The number of hydrogen-bond donors (Lipinski definition) is 0. The lowest BCUT2D eigenvalue weighted by molar-refractivity contribution is 0.0735. The van der Waals surface area contributed by atoms with Crippen LogP contribution < -0.4 is 4.74 Å². The molecule has 0 fully saturated rings. The lowest BCUT2D eigenvalue weighted by Gasteiger charge is -2.10. The maximum absolute atomic E-state index is 12.5. The molecule has 3 aromatic rings. The Morgan fingerprint density at radius 2 is 1.52 bits per heavy atom. The van der Waals surface area contributed by atoms with Crippen molar-refractivity contribution in [1.82, 2.24) is 0 Å². The molecule has 0 aliphatic heterocycles. The van der Waals surface area contributed by atoms with Crippen molar-refractivity contribution in [1.29, 1.82) is 0 Å². The minimum Gasteiger partial charge on any atom is -0.422 e. The second-order valence-electron chi connectivity index (χ2n) is 6.05. The van der Waals surface area contributed by atoms with Gasteiger partial charge in [0, 0.05) is 5.56 Å². The Labute approximate surface area is 149 Å². The fraction of sp³-hybridized carbons (Fsp3) is 0.174. The highest BCUT2D eigenvalue weighted by Crippen LogP contribution is 2.30. The SMILES string of the molecule is CCCCc1ccc(C(=O)Oc2ccccc2-c2ccccc2)cc1. The topological polar surface area (TPSA) is 26.3 Å². The van der Waals surface area contributed by atoms with Crippen LogP contribution in [0.1, 0.15) is 35.7 Å². The highest BCUT2D eigenvalue weighted by molar-refractivity contribution is 5.92. The van der Waals surface area contributed by atoms with E-state index in [9.17, 15) is 4.79 Å². The largest absolute Gasteiger partial charge is 0.422 e. The van der Waals surface area contributed by atoms with Crippen molar-refractivity contribution >= 4 is 5.97 Å². The summed E-state index contributed by atoms with van der Waals surface area (Å²) in [7, 11) is 0. The minimum absolute atomic E-state index is 0.328. The fourth-order valence-corrected chi connectivity index (χ4v) is 2.76. The van der Waals surface area contributed by atoms with Gasteiger partial charge in [-0.3, -0.25) is 0 Å². The number of ether oxygens (including phenoxy) is 1. The van der Waals surface area contributed by atoms with E-state index >= 15 is 0 Å². The normalized spacial score (nSPS) is 10.4. The lowest BCUT2D eigenvalue weighted by Crippen LogP contribution is -2.09. The summed E-state index contributed by atoms with van der Waals surface area (Å²) in [6, 6.07) is 25.3. The number of hydrogen-bond acceptors (Lipinski definition) is 2. The molecule has 0 heterocycles. The van der Waals surface area contributed by atoms with Gasteiger partial charge < -0.3 is 4.74 Å². The van der Waals surface area contributed by atoms with Gasteiger partial charge in [-0.05, 0) is 42.2 Å². The Morgan fingerprint density at radius 3 is 2.24 bits per heavy atom. The van der Waals surface area contributed by atoms with Gasteiger partial charge in [0.1, 0.15) is 5.75 Å². The molecule has 126 valence electrons. The Balaban J connectivity index is 1.77. The van der Waals surface area contributed by atoms with Crippen LogP contribution in [0.5, 0.6) is 5.75 Å². The third kappa shape index (κ3) is 4.36. The highest BCUT2D eigenvalue weighted by atomic mass is 16.5. The number of esters is 1. The molecule has 25 heavy (non-hydrogen) atoms. The molecule has 0 aliphatic rings. The number of carbonyl (C=O) groups is 1. The van der Waals surface area contributed by atoms with Gasteiger partial charge in [0.15, 0.2) is 0 Å². The van der Waals surface area contributed by atoms with Crippen molar-refractivity contribution < 1.29 is 9.53 Å². The maximum atomic E-state index is 12.5. The van der Waals surface area contributed by atoms with Gasteiger partial charge in [0.2, 0.25) is 0 Å². The van der Waals surface area contributed by atoms with Crippen LogP contribution in [0.25, 0.3) is 11.1 Å². The smallest absolute Gasteiger partial charge is 0.343 e. The first kappa shape index (κ1) is 17.0. The van der Waals surface area contributed by atoms with Crippen LogP contribution in [0.3, 0.4) is 0 Å². The molecule has 0 saturated carbocycles. The van der Waals surface area contributed by atoms with E-state index in [0.29, 0.717) is 11.3 Å². The summed E-state index contributed by atoms with van der Waals surface area (Å²) in [5.74, 6) is 0.249. The van der Waals surface area contributed by atoms with E-state index in [1.54, 1.807) is 0 Å². The van der Waals surface area contributed by atoms with Gasteiger partial charge >= 0.3 is 5.97 Å². The fourth-order valence-electron chi connectivity index (χ4n) is 2.76. The number of unbranched alkanes of at least 4 members (excludes halogenated alkanes) is 1. The van der Waals surface area contributed by atoms with Crippen molar-refractivity contribution in [3.05, 3.63) is 90.0 Å². The summed E-state index contributed by atoms with van der Waals surface area (Å²) < 4.78 is 5.67. The minimum atomic E-state index is -0.328. The standard InChI is InChI=1S/C23H22O2/c1-2-3-9-18-14-16-20(17-15-18)23(24)25-22-13-8-7-12-21(22)19-10-5-4-6-11-19/h4-8,10-17H,2-3,9H2,1H3. The third-order valence-corrected chi connectivity index (χ3v) is 4.18. The summed E-state index contributed by atoms with van der Waals surface area (Å²) in [6.07, 6.45) is 3.37. The number of rotatable bonds is 6. The molecule has 2 nitrogen and oxygen atoms in total. The Bertz CT molecular complexity index is 820. The molecular formula is C23H22O2. The maximum Gasteiger partial charge on any atom is 0.343 e. The molecule has 0 bridgehead atoms. The van der Waals surface area contributed by atoms with Crippen LogP contribution in [0.2, 0.25) is 0 Å². The number of benzene rings is 3. The van der Waals surface area contributed by atoms with Crippen molar-refractivity contribution in [3.63, 3.8) is 0 Å². The molecular weight excluding hydrogens is 308 g/mol. The first-order valence-corrected chi connectivity index (χ1v) is 8.73. The summed E-state index contributed by atoms with van der Waals surface area (Å²) in [4.78, 5) is 12.5.